The lowest BCUT2D eigenvalue weighted by Gasteiger charge is -2.17. The van der Waals surface area contributed by atoms with Gasteiger partial charge in [0, 0.05) is 13.1 Å². The summed E-state index contributed by atoms with van der Waals surface area (Å²) >= 11 is 0. The summed E-state index contributed by atoms with van der Waals surface area (Å²) in [5.74, 6) is 0.436. The number of hydrogen-bond acceptors (Lipinski definition) is 3. The summed E-state index contributed by atoms with van der Waals surface area (Å²) in [5.41, 5.74) is 2.76. The molecule has 1 saturated carbocycles. The van der Waals surface area contributed by atoms with Gasteiger partial charge in [0.1, 0.15) is 0 Å². The highest BCUT2D eigenvalue weighted by Crippen LogP contribution is 2.41. The van der Waals surface area contributed by atoms with Crippen molar-refractivity contribution >= 4 is 11.1 Å². The molecule has 0 radical (unpaired) electrons. The highest BCUT2D eigenvalue weighted by Gasteiger charge is 2.31. The van der Waals surface area contributed by atoms with Crippen LogP contribution in [0.15, 0.2) is 27.4 Å². The van der Waals surface area contributed by atoms with E-state index >= 15 is 0 Å². The predicted molar refractivity (Wildman–Crippen MR) is 70.6 cm³/mol. The maximum Gasteiger partial charge on any atom is 0.419 e. The van der Waals surface area contributed by atoms with Gasteiger partial charge in [-0.2, -0.15) is 0 Å². The molecule has 1 aromatic heterocycles. The standard InChI is InChI=1S/C14H18N2O2/c1-3-15-13(9-4-5-9)10-6-7-11-12(8-10)18-14(17)16(11)2/h6-9,13,15H,3-5H2,1-2H3. The maximum atomic E-state index is 11.5. The van der Waals surface area contributed by atoms with Gasteiger partial charge in [0.15, 0.2) is 5.58 Å². The Morgan fingerprint density at radius 2 is 2.28 bits per heavy atom. The fraction of sp³-hybridized carbons (Fsp3) is 0.500. The van der Waals surface area contributed by atoms with E-state index in [1.165, 1.54) is 18.4 Å². The average molecular weight is 246 g/mol. The summed E-state index contributed by atoms with van der Waals surface area (Å²) in [7, 11) is 1.73. The molecule has 1 N–H and O–H groups in total. The van der Waals surface area contributed by atoms with E-state index in [0.717, 1.165) is 18.0 Å². The SMILES string of the molecule is CCNC(c1ccc2c(c1)oc(=O)n2C)C1CC1. The Bertz CT molecular complexity index is 622. The summed E-state index contributed by atoms with van der Waals surface area (Å²) < 4.78 is 6.79. The Kier molecular flexibility index (Phi) is 2.74. The fourth-order valence-electron chi connectivity index (χ4n) is 2.55. The van der Waals surface area contributed by atoms with E-state index in [0.29, 0.717) is 11.6 Å². The largest absolute Gasteiger partial charge is 0.419 e. The molecule has 1 fully saturated rings. The van der Waals surface area contributed by atoms with Gasteiger partial charge in [0.05, 0.1) is 5.52 Å². The van der Waals surface area contributed by atoms with Crippen LogP contribution in [-0.4, -0.2) is 11.1 Å². The Labute approximate surface area is 106 Å². The number of oxazole rings is 1. The quantitative estimate of drug-likeness (QED) is 0.899. The molecule has 1 aromatic carbocycles. The van der Waals surface area contributed by atoms with Gasteiger partial charge in [0.25, 0.3) is 0 Å². The van der Waals surface area contributed by atoms with Crippen molar-refractivity contribution in [3.63, 3.8) is 0 Å². The van der Waals surface area contributed by atoms with Gasteiger partial charge in [-0.15, -0.1) is 0 Å². The van der Waals surface area contributed by atoms with E-state index in [1.54, 1.807) is 11.6 Å². The first-order chi connectivity index (χ1) is 8.70. The lowest BCUT2D eigenvalue weighted by atomic mass is 10.0. The van der Waals surface area contributed by atoms with Gasteiger partial charge in [-0.05, 0) is 43.0 Å². The van der Waals surface area contributed by atoms with Crippen LogP contribution in [0.2, 0.25) is 0 Å². The maximum absolute atomic E-state index is 11.5. The van der Waals surface area contributed by atoms with Crippen LogP contribution in [0.5, 0.6) is 0 Å². The molecule has 3 rings (SSSR count). The zero-order chi connectivity index (χ0) is 12.7. The van der Waals surface area contributed by atoms with Crippen molar-refractivity contribution < 1.29 is 4.42 Å². The van der Waals surface area contributed by atoms with Gasteiger partial charge in [-0.25, -0.2) is 4.79 Å². The van der Waals surface area contributed by atoms with Crippen LogP contribution in [0.4, 0.5) is 0 Å². The third-order valence-electron chi connectivity index (χ3n) is 3.69. The molecule has 2 aromatic rings. The van der Waals surface area contributed by atoms with Crippen molar-refractivity contribution in [2.24, 2.45) is 13.0 Å². The molecule has 0 amide bonds. The molecule has 1 heterocycles. The summed E-state index contributed by atoms with van der Waals surface area (Å²) in [6.07, 6.45) is 2.57. The molecule has 4 heteroatoms. The van der Waals surface area contributed by atoms with Crippen molar-refractivity contribution in [1.29, 1.82) is 0 Å². The predicted octanol–water partition coefficient (Wildman–Crippen LogP) is 2.19. The van der Waals surface area contributed by atoms with E-state index in [9.17, 15) is 4.79 Å². The first-order valence-electron chi connectivity index (χ1n) is 6.53. The number of hydrogen-bond donors (Lipinski definition) is 1. The Hall–Kier alpha value is -1.55. The normalized spacial score (nSPS) is 17.2. The van der Waals surface area contributed by atoms with Crippen LogP contribution >= 0.6 is 0 Å². The third-order valence-corrected chi connectivity index (χ3v) is 3.69. The molecule has 1 aliphatic rings. The molecule has 0 bridgehead atoms. The average Bonchev–Trinajstić information content (AvgIpc) is 3.15. The smallest absolute Gasteiger partial charge is 0.408 e. The van der Waals surface area contributed by atoms with Gasteiger partial charge in [0.2, 0.25) is 0 Å². The van der Waals surface area contributed by atoms with Gasteiger partial charge in [-0.1, -0.05) is 13.0 Å². The number of nitrogens with one attached hydrogen (secondary N) is 1. The van der Waals surface area contributed by atoms with Crippen molar-refractivity contribution in [3.8, 4) is 0 Å². The fourth-order valence-corrected chi connectivity index (χ4v) is 2.55. The van der Waals surface area contributed by atoms with Crippen LogP contribution in [0.3, 0.4) is 0 Å². The lowest BCUT2D eigenvalue weighted by molar-refractivity contribution is 0.494. The number of fused-ring (bicyclic) bond motifs is 1. The molecule has 0 spiro atoms. The van der Waals surface area contributed by atoms with E-state index < -0.39 is 0 Å². The molecule has 18 heavy (non-hydrogen) atoms. The zero-order valence-electron chi connectivity index (χ0n) is 10.8. The number of benzene rings is 1. The summed E-state index contributed by atoms with van der Waals surface area (Å²) in [6.45, 7) is 3.08. The van der Waals surface area contributed by atoms with Crippen LogP contribution in [0, 0.1) is 5.92 Å². The van der Waals surface area contributed by atoms with Crippen molar-refractivity contribution in [1.82, 2.24) is 9.88 Å². The van der Waals surface area contributed by atoms with Gasteiger partial charge >= 0.3 is 5.76 Å². The highest BCUT2D eigenvalue weighted by atomic mass is 16.4. The molecule has 1 atom stereocenters. The Morgan fingerprint density at radius 1 is 1.50 bits per heavy atom. The van der Waals surface area contributed by atoms with Crippen LogP contribution < -0.4 is 11.1 Å². The van der Waals surface area contributed by atoms with Crippen LogP contribution in [0.25, 0.3) is 11.1 Å². The first-order valence-corrected chi connectivity index (χ1v) is 6.53. The highest BCUT2D eigenvalue weighted by molar-refractivity contribution is 5.73. The Balaban J connectivity index is 2.03. The van der Waals surface area contributed by atoms with E-state index in [-0.39, 0.29) is 5.76 Å². The third kappa shape index (κ3) is 1.86. The first kappa shape index (κ1) is 11.5. The summed E-state index contributed by atoms with van der Waals surface area (Å²) in [5, 5.41) is 3.52. The molecule has 0 aliphatic heterocycles. The molecule has 0 saturated heterocycles. The van der Waals surface area contributed by atoms with E-state index in [4.69, 9.17) is 4.42 Å². The van der Waals surface area contributed by atoms with Crippen LogP contribution in [-0.2, 0) is 7.05 Å². The van der Waals surface area contributed by atoms with Crippen molar-refractivity contribution in [2.45, 2.75) is 25.8 Å². The van der Waals surface area contributed by atoms with E-state index in [1.807, 2.05) is 12.1 Å². The Morgan fingerprint density at radius 3 is 2.94 bits per heavy atom. The molecule has 1 aliphatic carbocycles. The van der Waals surface area contributed by atoms with Crippen molar-refractivity contribution in [3.05, 3.63) is 34.3 Å². The minimum atomic E-state index is -0.298. The molecular formula is C14H18N2O2. The molecule has 96 valence electrons. The van der Waals surface area contributed by atoms with Gasteiger partial charge in [-0.3, -0.25) is 4.57 Å². The van der Waals surface area contributed by atoms with Crippen molar-refractivity contribution in [2.75, 3.05) is 6.54 Å². The number of aryl methyl sites for hydroxylation is 1. The molecule has 1 unspecified atom stereocenters. The summed E-state index contributed by atoms with van der Waals surface area (Å²) in [6, 6.07) is 6.47. The second kappa shape index (κ2) is 4.28. The molecule has 4 nitrogen and oxygen atoms in total. The number of rotatable bonds is 4. The van der Waals surface area contributed by atoms with Crippen LogP contribution in [0.1, 0.15) is 31.4 Å². The second-order valence-electron chi connectivity index (χ2n) is 5.03. The minimum Gasteiger partial charge on any atom is -0.408 e. The monoisotopic (exact) mass is 246 g/mol. The van der Waals surface area contributed by atoms with Gasteiger partial charge < -0.3 is 9.73 Å². The lowest BCUT2D eigenvalue weighted by Crippen LogP contribution is -2.22. The minimum absolute atomic E-state index is 0.298. The zero-order valence-corrected chi connectivity index (χ0v) is 10.8. The van der Waals surface area contributed by atoms with E-state index in [2.05, 4.69) is 18.3 Å². The number of aromatic nitrogens is 1. The second-order valence-corrected chi connectivity index (χ2v) is 5.03. The molecular weight excluding hydrogens is 228 g/mol. The topological polar surface area (TPSA) is 47.2 Å². The number of nitrogens with zero attached hydrogens (tertiary/aromatic N) is 1. The summed E-state index contributed by atoms with van der Waals surface area (Å²) in [4.78, 5) is 11.5.